The van der Waals surface area contributed by atoms with Gasteiger partial charge in [-0.2, -0.15) is 5.10 Å². The maximum absolute atomic E-state index is 12.4. The smallest absolute Gasteiger partial charge is 0.256 e. The highest BCUT2D eigenvalue weighted by Crippen LogP contribution is 2.18. The number of aromatic nitrogens is 2. The zero-order chi connectivity index (χ0) is 15.4. The monoisotopic (exact) mass is 286 g/mol. The fourth-order valence-corrected chi connectivity index (χ4v) is 2.21. The van der Waals surface area contributed by atoms with Crippen molar-refractivity contribution in [3.8, 4) is 0 Å². The largest absolute Gasteiger partial charge is 0.385 e. The highest BCUT2D eigenvalue weighted by atomic mass is 16.1. The average Bonchev–Trinajstić information content (AvgIpc) is 2.74. The van der Waals surface area contributed by atoms with Gasteiger partial charge in [0, 0.05) is 31.0 Å². The van der Waals surface area contributed by atoms with Crippen molar-refractivity contribution in [3.63, 3.8) is 0 Å². The molecule has 0 atom stereocenters. The minimum absolute atomic E-state index is 0.106. The summed E-state index contributed by atoms with van der Waals surface area (Å²) in [4.78, 5) is 12.4. The number of aryl methyl sites for hydroxylation is 3. The molecule has 2 aromatic rings. The summed E-state index contributed by atoms with van der Waals surface area (Å²) in [5.74, 6) is -0.106. The van der Waals surface area contributed by atoms with Gasteiger partial charge in [-0.3, -0.25) is 9.48 Å². The van der Waals surface area contributed by atoms with Gasteiger partial charge in [-0.05, 0) is 44.0 Å². The van der Waals surface area contributed by atoms with E-state index in [1.165, 1.54) is 0 Å². The van der Waals surface area contributed by atoms with E-state index in [2.05, 4.69) is 22.7 Å². The van der Waals surface area contributed by atoms with Crippen molar-refractivity contribution in [2.75, 3.05) is 17.2 Å². The quantitative estimate of drug-likeness (QED) is 0.888. The van der Waals surface area contributed by atoms with Gasteiger partial charge < -0.3 is 10.6 Å². The Labute approximate surface area is 125 Å². The molecule has 0 aliphatic heterocycles. The first-order valence-electron chi connectivity index (χ1n) is 7.17. The topological polar surface area (TPSA) is 59.0 Å². The highest BCUT2D eigenvalue weighted by Gasteiger charge is 2.12. The van der Waals surface area contributed by atoms with Crippen LogP contribution in [0.3, 0.4) is 0 Å². The van der Waals surface area contributed by atoms with Crippen LogP contribution in [0, 0.1) is 13.8 Å². The number of nitrogens with one attached hydrogen (secondary N) is 2. The number of carbonyl (C=O) groups is 1. The summed E-state index contributed by atoms with van der Waals surface area (Å²) < 4.78 is 1.69. The predicted octanol–water partition coefficient (Wildman–Crippen LogP) is 3.11. The van der Waals surface area contributed by atoms with Crippen LogP contribution in [0.1, 0.15) is 35.0 Å². The molecular formula is C16H22N4O. The van der Waals surface area contributed by atoms with Crippen molar-refractivity contribution in [2.24, 2.45) is 7.05 Å². The second-order valence-electron chi connectivity index (χ2n) is 5.21. The number of anilines is 2. The molecular weight excluding hydrogens is 264 g/mol. The summed E-state index contributed by atoms with van der Waals surface area (Å²) in [6.07, 6.45) is 2.88. The Morgan fingerprint density at radius 3 is 2.67 bits per heavy atom. The van der Waals surface area contributed by atoms with Crippen LogP contribution in [-0.2, 0) is 7.05 Å². The number of hydrogen-bond donors (Lipinski definition) is 2. The number of amides is 1. The number of carbonyl (C=O) groups excluding carboxylic acids is 1. The minimum Gasteiger partial charge on any atom is -0.385 e. The fraction of sp³-hybridized carbons (Fsp3) is 0.375. The van der Waals surface area contributed by atoms with Gasteiger partial charge in [-0.25, -0.2) is 0 Å². The Morgan fingerprint density at radius 1 is 1.33 bits per heavy atom. The van der Waals surface area contributed by atoms with E-state index in [1.807, 2.05) is 39.1 Å². The van der Waals surface area contributed by atoms with Crippen molar-refractivity contribution >= 4 is 17.3 Å². The number of hydrogen-bond acceptors (Lipinski definition) is 3. The van der Waals surface area contributed by atoms with Gasteiger partial charge in [-0.15, -0.1) is 0 Å². The molecule has 0 saturated carbocycles. The summed E-state index contributed by atoms with van der Waals surface area (Å²) in [6.45, 7) is 6.88. The molecule has 1 aromatic carbocycles. The molecule has 0 aliphatic carbocycles. The molecule has 2 N–H and O–H groups in total. The molecule has 5 heteroatoms. The van der Waals surface area contributed by atoms with Gasteiger partial charge in [0.25, 0.3) is 5.91 Å². The molecule has 21 heavy (non-hydrogen) atoms. The van der Waals surface area contributed by atoms with Crippen LogP contribution in [0.5, 0.6) is 0 Å². The normalized spacial score (nSPS) is 10.5. The minimum atomic E-state index is -0.106. The molecule has 1 amide bonds. The lowest BCUT2D eigenvalue weighted by molar-refractivity contribution is 0.102. The number of rotatable bonds is 5. The van der Waals surface area contributed by atoms with E-state index >= 15 is 0 Å². The summed E-state index contributed by atoms with van der Waals surface area (Å²) in [5, 5.41) is 10.4. The molecule has 0 aliphatic rings. The molecule has 0 saturated heterocycles. The van der Waals surface area contributed by atoms with E-state index in [9.17, 15) is 4.79 Å². The van der Waals surface area contributed by atoms with Crippen LogP contribution in [0.15, 0.2) is 24.4 Å². The van der Waals surface area contributed by atoms with E-state index in [-0.39, 0.29) is 5.91 Å². The molecule has 1 aromatic heterocycles. The molecule has 0 unspecified atom stereocenters. The second-order valence-corrected chi connectivity index (χ2v) is 5.21. The van der Waals surface area contributed by atoms with E-state index in [4.69, 9.17) is 0 Å². The van der Waals surface area contributed by atoms with E-state index in [0.29, 0.717) is 5.56 Å². The SMILES string of the molecule is CCCNc1ccc(C(=O)Nc2cn(C)nc2C)c(C)c1. The van der Waals surface area contributed by atoms with Crippen LogP contribution in [0.25, 0.3) is 0 Å². The zero-order valence-corrected chi connectivity index (χ0v) is 13.0. The third-order valence-electron chi connectivity index (χ3n) is 3.31. The zero-order valence-electron chi connectivity index (χ0n) is 13.0. The first-order chi connectivity index (χ1) is 10.0. The van der Waals surface area contributed by atoms with Crippen LogP contribution in [0.2, 0.25) is 0 Å². The van der Waals surface area contributed by atoms with Crippen LogP contribution < -0.4 is 10.6 Å². The molecule has 2 rings (SSSR count). The van der Waals surface area contributed by atoms with Crippen LogP contribution in [0.4, 0.5) is 11.4 Å². The average molecular weight is 286 g/mol. The van der Waals surface area contributed by atoms with Gasteiger partial charge >= 0.3 is 0 Å². The summed E-state index contributed by atoms with van der Waals surface area (Å²) >= 11 is 0. The standard InChI is InChI=1S/C16H22N4O/c1-5-8-17-13-6-7-14(11(2)9-13)16(21)18-15-10-20(4)19-12(15)3/h6-7,9-10,17H,5,8H2,1-4H3,(H,18,21). The molecule has 0 fully saturated rings. The lowest BCUT2D eigenvalue weighted by Crippen LogP contribution is -2.14. The van der Waals surface area contributed by atoms with Crippen molar-refractivity contribution in [2.45, 2.75) is 27.2 Å². The molecule has 5 nitrogen and oxygen atoms in total. The van der Waals surface area contributed by atoms with Gasteiger partial charge in [0.15, 0.2) is 0 Å². The van der Waals surface area contributed by atoms with Gasteiger partial charge in [0.1, 0.15) is 0 Å². The van der Waals surface area contributed by atoms with Crippen molar-refractivity contribution in [1.29, 1.82) is 0 Å². The number of benzene rings is 1. The Balaban J connectivity index is 2.14. The van der Waals surface area contributed by atoms with Crippen LogP contribution in [-0.4, -0.2) is 22.2 Å². The maximum atomic E-state index is 12.4. The second kappa shape index (κ2) is 6.43. The molecule has 112 valence electrons. The number of nitrogens with zero attached hydrogens (tertiary/aromatic N) is 2. The Morgan fingerprint density at radius 2 is 2.10 bits per heavy atom. The van der Waals surface area contributed by atoms with Gasteiger partial charge in [0.2, 0.25) is 0 Å². The lowest BCUT2D eigenvalue weighted by Gasteiger charge is -2.10. The Kier molecular flexibility index (Phi) is 4.62. The molecule has 0 radical (unpaired) electrons. The molecule has 1 heterocycles. The third-order valence-corrected chi connectivity index (χ3v) is 3.31. The summed E-state index contributed by atoms with van der Waals surface area (Å²) in [5.41, 5.74) is 4.23. The van der Waals surface area contributed by atoms with Crippen molar-refractivity contribution in [1.82, 2.24) is 9.78 Å². The van der Waals surface area contributed by atoms with E-state index in [1.54, 1.807) is 10.9 Å². The summed E-state index contributed by atoms with van der Waals surface area (Å²) in [7, 11) is 1.84. The van der Waals surface area contributed by atoms with Crippen molar-refractivity contribution < 1.29 is 4.79 Å². The molecule has 0 bridgehead atoms. The van der Waals surface area contributed by atoms with Crippen molar-refractivity contribution in [3.05, 3.63) is 41.2 Å². The Bertz CT molecular complexity index is 646. The van der Waals surface area contributed by atoms with Gasteiger partial charge in [-0.1, -0.05) is 6.92 Å². The third kappa shape index (κ3) is 3.62. The maximum Gasteiger partial charge on any atom is 0.256 e. The first-order valence-corrected chi connectivity index (χ1v) is 7.17. The van der Waals surface area contributed by atoms with E-state index in [0.717, 1.165) is 35.6 Å². The van der Waals surface area contributed by atoms with Gasteiger partial charge in [0.05, 0.1) is 11.4 Å². The summed E-state index contributed by atoms with van der Waals surface area (Å²) in [6, 6.07) is 5.79. The van der Waals surface area contributed by atoms with Crippen LogP contribution >= 0.6 is 0 Å². The molecule has 0 spiro atoms. The Hall–Kier alpha value is -2.30. The highest BCUT2D eigenvalue weighted by molar-refractivity contribution is 6.05. The van der Waals surface area contributed by atoms with E-state index < -0.39 is 0 Å². The first kappa shape index (κ1) is 15.1. The predicted molar refractivity (Wildman–Crippen MR) is 85.9 cm³/mol. The fourth-order valence-electron chi connectivity index (χ4n) is 2.21. The lowest BCUT2D eigenvalue weighted by atomic mass is 10.1.